The van der Waals surface area contributed by atoms with E-state index >= 15 is 0 Å². The summed E-state index contributed by atoms with van der Waals surface area (Å²) in [5.41, 5.74) is 4.73. The van der Waals surface area contributed by atoms with Crippen molar-refractivity contribution in [2.24, 2.45) is 5.92 Å². The van der Waals surface area contributed by atoms with E-state index < -0.39 is 0 Å². The van der Waals surface area contributed by atoms with Crippen LogP contribution >= 0.6 is 0 Å². The van der Waals surface area contributed by atoms with Crippen molar-refractivity contribution in [3.63, 3.8) is 0 Å². The molecule has 0 bridgehead atoms. The van der Waals surface area contributed by atoms with Crippen molar-refractivity contribution in [2.75, 3.05) is 13.2 Å². The summed E-state index contributed by atoms with van der Waals surface area (Å²) in [5, 5.41) is 19.6. The van der Waals surface area contributed by atoms with Crippen LogP contribution in [0.15, 0.2) is 49.1 Å². The van der Waals surface area contributed by atoms with Gasteiger partial charge >= 0.3 is 0 Å². The number of benzene rings is 1. The molecule has 1 aromatic carbocycles. The Bertz CT molecular complexity index is 1160. The predicted molar refractivity (Wildman–Crippen MR) is 154 cm³/mol. The molecule has 9 heteroatoms. The quantitative estimate of drug-likeness (QED) is 0.405. The first kappa shape index (κ1) is 31.6. The van der Waals surface area contributed by atoms with Gasteiger partial charge in [0.15, 0.2) is 0 Å². The average molecular weight is 537 g/mol. The van der Waals surface area contributed by atoms with Gasteiger partial charge in [0.1, 0.15) is 6.04 Å². The molecular formula is C30H44N6O3. The van der Waals surface area contributed by atoms with Crippen LogP contribution in [0.3, 0.4) is 0 Å². The summed E-state index contributed by atoms with van der Waals surface area (Å²) in [6.07, 6.45) is 8.23. The van der Waals surface area contributed by atoms with E-state index in [0.29, 0.717) is 12.5 Å². The third kappa shape index (κ3) is 8.45. The zero-order chi connectivity index (χ0) is 28.9. The number of nitrogens with zero attached hydrogens (tertiary/aromatic N) is 5. The smallest absolute Gasteiger partial charge is 0.246 e. The number of carbonyl (C=O) groups excluding carboxylic acids is 2. The third-order valence-electron chi connectivity index (χ3n) is 6.75. The lowest BCUT2D eigenvalue weighted by Crippen LogP contribution is -2.40. The lowest BCUT2D eigenvalue weighted by atomic mass is 10.0. The molecule has 1 aliphatic rings. The molecule has 3 aromatic rings. The third-order valence-corrected chi connectivity index (χ3v) is 6.75. The summed E-state index contributed by atoms with van der Waals surface area (Å²) >= 11 is 0. The Morgan fingerprint density at radius 1 is 1.18 bits per heavy atom. The van der Waals surface area contributed by atoms with Crippen LogP contribution in [0.5, 0.6) is 0 Å². The Balaban J connectivity index is 0.000000258. The van der Waals surface area contributed by atoms with Crippen LogP contribution in [0.2, 0.25) is 0 Å². The molecule has 39 heavy (non-hydrogen) atoms. The maximum Gasteiger partial charge on any atom is 0.246 e. The number of aliphatic hydroxyl groups excluding tert-OH is 1. The van der Waals surface area contributed by atoms with E-state index in [2.05, 4.69) is 41.3 Å². The summed E-state index contributed by atoms with van der Waals surface area (Å²) in [5.74, 6) is 0.520. The van der Waals surface area contributed by atoms with Crippen LogP contribution in [0.1, 0.15) is 76.5 Å². The van der Waals surface area contributed by atoms with Crippen molar-refractivity contribution in [1.29, 1.82) is 0 Å². The normalized spacial score (nSPS) is 15.9. The lowest BCUT2D eigenvalue weighted by Gasteiger charge is -2.29. The molecule has 1 saturated heterocycles. The predicted octanol–water partition coefficient (Wildman–Crippen LogP) is 4.66. The Morgan fingerprint density at radius 3 is 2.36 bits per heavy atom. The van der Waals surface area contributed by atoms with E-state index in [9.17, 15) is 14.7 Å². The fourth-order valence-corrected chi connectivity index (χ4v) is 4.72. The second-order valence-corrected chi connectivity index (χ2v) is 9.85. The lowest BCUT2D eigenvalue weighted by molar-refractivity contribution is -0.136. The van der Waals surface area contributed by atoms with E-state index in [4.69, 9.17) is 0 Å². The number of rotatable bonds is 8. The molecule has 4 rings (SSSR count). The zero-order valence-corrected chi connectivity index (χ0v) is 24.3. The Hall–Kier alpha value is -3.59. The minimum absolute atomic E-state index is 0.119. The van der Waals surface area contributed by atoms with Crippen molar-refractivity contribution in [3.05, 3.63) is 66.0 Å². The highest BCUT2D eigenvalue weighted by molar-refractivity contribution is 5.81. The highest BCUT2D eigenvalue weighted by atomic mass is 16.3. The number of imidazole rings is 1. The molecule has 1 aliphatic heterocycles. The fourth-order valence-electron chi connectivity index (χ4n) is 4.72. The van der Waals surface area contributed by atoms with Crippen LogP contribution < -0.4 is 5.32 Å². The van der Waals surface area contributed by atoms with Crippen molar-refractivity contribution in [2.45, 2.75) is 79.4 Å². The van der Waals surface area contributed by atoms with Crippen LogP contribution in [-0.2, 0) is 9.59 Å². The number of likely N-dealkylation sites (tertiary alicyclic amines) is 1. The highest BCUT2D eigenvalue weighted by Gasteiger charge is 2.33. The molecule has 3 unspecified atom stereocenters. The molecule has 9 nitrogen and oxygen atoms in total. The molecular weight excluding hydrogens is 492 g/mol. The first-order chi connectivity index (χ1) is 18.8. The van der Waals surface area contributed by atoms with Gasteiger partial charge in [0, 0.05) is 24.3 Å². The standard InChI is InChI=1S/C14H15N3O2.C14H23N3O.C2H6/c1-10-13(6-7-16-17-10)11-2-4-12(5-3-11)14(8-18)15-9-19;1-10(2)13(16-8-11(3)15-9-16)14(18)17-7-5-6-12(17)4;1-2/h2-7,9,14,18H,8H2,1H3,(H,15,19);8-10,12-13H,5-7H2,1-4H3;1-2H3. The summed E-state index contributed by atoms with van der Waals surface area (Å²) < 4.78 is 1.97. The molecule has 0 aliphatic carbocycles. The van der Waals surface area contributed by atoms with Gasteiger partial charge in [-0.15, -0.1) is 0 Å². The number of amides is 2. The van der Waals surface area contributed by atoms with Gasteiger partial charge in [-0.2, -0.15) is 10.2 Å². The molecule has 0 saturated carbocycles. The minimum atomic E-state index is -0.372. The summed E-state index contributed by atoms with van der Waals surface area (Å²) in [4.78, 5) is 29.4. The number of aliphatic hydroxyl groups is 1. The summed E-state index contributed by atoms with van der Waals surface area (Å²) in [6, 6.07) is 9.44. The summed E-state index contributed by atoms with van der Waals surface area (Å²) in [6.45, 7) is 15.0. The van der Waals surface area contributed by atoms with E-state index in [-0.39, 0.29) is 30.5 Å². The number of hydrogen-bond donors (Lipinski definition) is 2. The number of nitrogens with one attached hydrogen (secondary N) is 1. The summed E-state index contributed by atoms with van der Waals surface area (Å²) in [7, 11) is 0. The maximum absolute atomic E-state index is 12.7. The first-order valence-corrected chi connectivity index (χ1v) is 13.8. The Morgan fingerprint density at radius 2 is 1.87 bits per heavy atom. The van der Waals surface area contributed by atoms with Crippen LogP contribution in [0.25, 0.3) is 11.1 Å². The molecule has 0 spiro atoms. The number of aryl methyl sites for hydroxylation is 2. The SMILES string of the molecule is CC.Cc1cn(C(C(=O)N2CCCC2C)C(C)C)cn1.Cc1nnccc1-c1ccc(C(CO)NC=O)cc1. The van der Waals surface area contributed by atoms with Crippen molar-refractivity contribution >= 4 is 12.3 Å². The van der Waals surface area contributed by atoms with Crippen LogP contribution in [0, 0.1) is 19.8 Å². The van der Waals surface area contributed by atoms with Gasteiger partial charge in [-0.25, -0.2) is 4.98 Å². The fraction of sp³-hybridized carbons (Fsp3) is 0.500. The number of carbonyl (C=O) groups is 2. The van der Waals surface area contributed by atoms with E-state index in [0.717, 1.165) is 47.5 Å². The average Bonchev–Trinajstić information content (AvgIpc) is 3.57. The molecule has 3 atom stereocenters. The van der Waals surface area contributed by atoms with Crippen molar-refractivity contribution in [3.8, 4) is 11.1 Å². The van der Waals surface area contributed by atoms with Crippen LogP contribution in [0.4, 0.5) is 0 Å². The largest absolute Gasteiger partial charge is 0.394 e. The number of hydrogen-bond acceptors (Lipinski definition) is 6. The monoisotopic (exact) mass is 536 g/mol. The van der Waals surface area contributed by atoms with Crippen LogP contribution in [-0.4, -0.2) is 61.3 Å². The maximum atomic E-state index is 12.7. The van der Waals surface area contributed by atoms with E-state index in [1.165, 1.54) is 0 Å². The van der Waals surface area contributed by atoms with Gasteiger partial charge in [-0.1, -0.05) is 52.0 Å². The molecule has 2 N–H and O–H groups in total. The molecule has 0 radical (unpaired) electrons. The topological polar surface area (TPSA) is 113 Å². The van der Waals surface area contributed by atoms with Gasteiger partial charge < -0.3 is 19.9 Å². The second kappa shape index (κ2) is 15.7. The van der Waals surface area contributed by atoms with Gasteiger partial charge in [0.2, 0.25) is 12.3 Å². The van der Waals surface area contributed by atoms with Gasteiger partial charge in [-0.3, -0.25) is 9.59 Å². The molecule has 1 fully saturated rings. The highest BCUT2D eigenvalue weighted by Crippen LogP contribution is 2.26. The first-order valence-electron chi connectivity index (χ1n) is 13.8. The van der Waals surface area contributed by atoms with Gasteiger partial charge in [0.05, 0.1) is 36.6 Å². The van der Waals surface area contributed by atoms with Gasteiger partial charge in [0.25, 0.3) is 0 Å². The number of aromatic nitrogens is 4. The Kier molecular flexibility index (Phi) is 12.8. The van der Waals surface area contributed by atoms with E-state index in [1.807, 2.05) is 73.7 Å². The molecule has 2 amide bonds. The second-order valence-electron chi connectivity index (χ2n) is 9.85. The van der Waals surface area contributed by atoms with Crippen molar-refractivity contribution < 1.29 is 14.7 Å². The molecule has 212 valence electrons. The zero-order valence-electron chi connectivity index (χ0n) is 24.3. The molecule has 3 heterocycles. The molecule has 2 aromatic heterocycles. The van der Waals surface area contributed by atoms with E-state index in [1.54, 1.807) is 12.5 Å². The Labute approximate surface area is 232 Å². The van der Waals surface area contributed by atoms with Crippen molar-refractivity contribution in [1.82, 2.24) is 30.0 Å². The van der Waals surface area contributed by atoms with Gasteiger partial charge in [-0.05, 0) is 56.7 Å². The minimum Gasteiger partial charge on any atom is -0.394 e.